The van der Waals surface area contributed by atoms with E-state index >= 15 is 0 Å². The summed E-state index contributed by atoms with van der Waals surface area (Å²) in [7, 11) is 1.76. The van der Waals surface area contributed by atoms with Crippen molar-refractivity contribution in [3.05, 3.63) is 34.3 Å². The quantitative estimate of drug-likeness (QED) is 0.864. The third-order valence-electron chi connectivity index (χ3n) is 3.75. The molecule has 1 aromatic carbocycles. The zero-order chi connectivity index (χ0) is 13.0. The second-order valence-corrected chi connectivity index (χ2v) is 6.18. The highest BCUT2D eigenvalue weighted by Gasteiger charge is 2.30. The number of methoxy groups -OCH3 is 1. The van der Waals surface area contributed by atoms with Crippen molar-refractivity contribution < 1.29 is 4.74 Å². The van der Waals surface area contributed by atoms with Gasteiger partial charge in [0.25, 0.3) is 0 Å². The third kappa shape index (κ3) is 3.81. The standard InChI is InChI=1S/C15H22BrNO/c1-11(7-8-18-2)17-15-9-13(10-15)12-3-5-14(16)6-4-12/h3-6,11,13,15,17H,7-10H2,1-2H3. The highest BCUT2D eigenvalue weighted by molar-refractivity contribution is 9.10. The van der Waals surface area contributed by atoms with Gasteiger partial charge >= 0.3 is 0 Å². The topological polar surface area (TPSA) is 21.3 Å². The minimum absolute atomic E-state index is 0.556. The van der Waals surface area contributed by atoms with Crippen LogP contribution in [0.4, 0.5) is 0 Å². The molecule has 1 N–H and O–H groups in total. The summed E-state index contributed by atoms with van der Waals surface area (Å²) in [6.45, 7) is 3.09. The molecule has 0 radical (unpaired) electrons. The molecule has 0 spiro atoms. The molecular weight excluding hydrogens is 290 g/mol. The van der Waals surface area contributed by atoms with Crippen LogP contribution in [0, 0.1) is 0 Å². The fraction of sp³-hybridized carbons (Fsp3) is 0.600. The number of nitrogens with one attached hydrogen (secondary N) is 1. The molecule has 1 aliphatic rings. The maximum Gasteiger partial charge on any atom is 0.0476 e. The van der Waals surface area contributed by atoms with Gasteiger partial charge in [-0.05, 0) is 49.8 Å². The van der Waals surface area contributed by atoms with E-state index in [0.717, 1.165) is 23.4 Å². The molecule has 1 saturated carbocycles. The first-order chi connectivity index (χ1) is 8.69. The van der Waals surface area contributed by atoms with Gasteiger partial charge in [-0.1, -0.05) is 28.1 Å². The molecule has 2 rings (SSSR count). The van der Waals surface area contributed by atoms with Crippen LogP contribution < -0.4 is 5.32 Å². The number of ether oxygens (including phenoxy) is 1. The van der Waals surface area contributed by atoms with Crippen LogP contribution in [0.2, 0.25) is 0 Å². The molecule has 18 heavy (non-hydrogen) atoms. The van der Waals surface area contributed by atoms with E-state index in [1.54, 1.807) is 7.11 Å². The van der Waals surface area contributed by atoms with Crippen molar-refractivity contribution in [2.24, 2.45) is 0 Å². The van der Waals surface area contributed by atoms with Gasteiger partial charge in [-0.15, -0.1) is 0 Å². The average Bonchev–Trinajstić information content (AvgIpc) is 2.32. The predicted molar refractivity (Wildman–Crippen MR) is 79.0 cm³/mol. The SMILES string of the molecule is COCCC(C)NC1CC(c2ccc(Br)cc2)C1. The first-order valence-corrected chi connectivity index (χ1v) is 7.48. The van der Waals surface area contributed by atoms with Gasteiger partial charge in [0.15, 0.2) is 0 Å². The first-order valence-electron chi connectivity index (χ1n) is 6.69. The fourth-order valence-electron chi connectivity index (χ4n) is 2.54. The number of halogens is 1. The number of benzene rings is 1. The molecule has 0 aliphatic heterocycles. The van der Waals surface area contributed by atoms with Crippen molar-refractivity contribution >= 4 is 15.9 Å². The largest absolute Gasteiger partial charge is 0.385 e. The number of rotatable bonds is 6. The zero-order valence-electron chi connectivity index (χ0n) is 11.2. The molecule has 1 aliphatic carbocycles. The van der Waals surface area contributed by atoms with Crippen molar-refractivity contribution in [1.29, 1.82) is 0 Å². The van der Waals surface area contributed by atoms with Gasteiger partial charge in [-0.2, -0.15) is 0 Å². The Morgan fingerprint density at radius 3 is 2.61 bits per heavy atom. The zero-order valence-corrected chi connectivity index (χ0v) is 12.7. The van der Waals surface area contributed by atoms with Gasteiger partial charge in [0, 0.05) is 30.3 Å². The summed E-state index contributed by atoms with van der Waals surface area (Å²) in [5, 5.41) is 3.67. The molecule has 1 unspecified atom stereocenters. The highest BCUT2D eigenvalue weighted by atomic mass is 79.9. The van der Waals surface area contributed by atoms with Crippen molar-refractivity contribution in [3.63, 3.8) is 0 Å². The highest BCUT2D eigenvalue weighted by Crippen LogP contribution is 2.37. The molecule has 1 fully saturated rings. The summed E-state index contributed by atoms with van der Waals surface area (Å²) in [6.07, 6.45) is 3.62. The minimum atomic E-state index is 0.556. The minimum Gasteiger partial charge on any atom is -0.385 e. The molecule has 0 heterocycles. The third-order valence-corrected chi connectivity index (χ3v) is 4.28. The molecule has 100 valence electrons. The summed E-state index contributed by atoms with van der Waals surface area (Å²) in [5.41, 5.74) is 1.47. The molecule has 1 aromatic rings. The number of hydrogen-bond donors (Lipinski definition) is 1. The lowest BCUT2D eigenvalue weighted by Crippen LogP contribution is -2.44. The predicted octanol–water partition coefficient (Wildman–Crippen LogP) is 3.71. The van der Waals surface area contributed by atoms with Crippen LogP contribution in [0.5, 0.6) is 0 Å². The van der Waals surface area contributed by atoms with Crippen LogP contribution in [-0.4, -0.2) is 25.8 Å². The molecular formula is C15H22BrNO. The Balaban J connectivity index is 1.72. The molecule has 0 saturated heterocycles. The molecule has 0 bridgehead atoms. The Hall–Kier alpha value is -0.380. The first kappa shape index (κ1) is 14.0. The van der Waals surface area contributed by atoms with Gasteiger partial charge in [0.1, 0.15) is 0 Å². The van der Waals surface area contributed by atoms with E-state index in [1.807, 2.05) is 0 Å². The van der Waals surface area contributed by atoms with E-state index in [9.17, 15) is 0 Å². The van der Waals surface area contributed by atoms with Crippen molar-refractivity contribution in [2.75, 3.05) is 13.7 Å². The van der Waals surface area contributed by atoms with Crippen molar-refractivity contribution in [2.45, 2.75) is 44.2 Å². The van der Waals surface area contributed by atoms with Gasteiger partial charge in [-0.3, -0.25) is 0 Å². The van der Waals surface area contributed by atoms with Crippen LogP contribution >= 0.6 is 15.9 Å². The molecule has 0 aromatic heterocycles. The molecule has 3 heteroatoms. The Morgan fingerprint density at radius 2 is 2.00 bits per heavy atom. The van der Waals surface area contributed by atoms with Crippen LogP contribution in [0.1, 0.15) is 37.7 Å². The Bertz CT molecular complexity index is 359. The maximum atomic E-state index is 5.10. The van der Waals surface area contributed by atoms with E-state index in [4.69, 9.17) is 4.74 Å². The summed E-state index contributed by atoms with van der Waals surface area (Å²) >= 11 is 3.48. The van der Waals surface area contributed by atoms with Gasteiger partial charge < -0.3 is 10.1 Å². The van der Waals surface area contributed by atoms with Crippen LogP contribution in [0.15, 0.2) is 28.7 Å². The summed E-state index contributed by atoms with van der Waals surface area (Å²) in [6, 6.07) is 9.99. The van der Waals surface area contributed by atoms with E-state index in [2.05, 4.69) is 52.4 Å². The van der Waals surface area contributed by atoms with E-state index in [-0.39, 0.29) is 0 Å². The smallest absolute Gasteiger partial charge is 0.0476 e. The second-order valence-electron chi connectivity index (χ2n) is 5.27. The van der Waals surface area contributed by atoms with Crippen molar-refractivity contribution in [1.82, 2.24) is 5.32 Å². The van der Waals surface area contributed by atoms with E-state index < -0.39 is 0 Å². The average molecular weight is 312 g/mol. The molecule has 1 atom stereocenters. The fourth-order valence-corrected chi connectivity index (χ4v) is 2.81. The normalized spacial score (nSPS) is 24.6. The van der Waals surface area contributed by atoms with E-state index in [0.29, 0.717) is 12.1 Å². The lowest BCUT2D eigenvalue weighted by Gasteiger charge is -2.38. The number of hydrogen-bond acceptors (Lipinski definition) is 2. The summed E-state index contributed by atoms with van der Waals surface area (Å²) in [4.78, 5) is 0. The van der Waals surface area contributed by atoms with Gasteiger partial charge in [-0.25, -0.2) is 0 Å². The van der Waals surface area contributed by atoms with E-state index in [1.165, 1.54) is 18.4 Å². The molecule has 2 nitrogen and oxygen atoms in total. The summed E-state index contributed by atoms with van der Waals surface area (Å²) in [5.74, 6) is 0.741. The second kappa shape index (κ2) is 6.69. The molecule has 0 amide bonds. The van der Waals surface area contributed by atoms with Crippen LogP contribution in [0.25, 0.3) is 0 Å². The van der Waals surface area contributed by atoms with Crippen LogP contribution in [0.3, 0.4) is 0 Å². The maximum absolute atomic E-state index is 5.10. The van der Waals surface area contributed by atoms with Crippen molar-refractivity contribution in [3.8, 4) is 0 Å². The van der Waals surface area contributed by atoms with Gasteiger partial charge in [0.05, 0.1) is 0 Å². The summed E-state index contributed by atoms with van der Waals surface area (Å²) < 4.78 is 6.26. The Kier molecular flexibility index (Phi) is 5.22. The Morgan fingerprint density at radius 1 is 1.33 bits per heavy atom. The van der Waals surface area contributed by atoms with Crippen LogP contribution in [-0.2, 0) is 4.74 Å². The lowest BCUT2D eigenvalue weighted by molar-refractivity contribution is 0.175. The lowest BCUT2D eigenvalue weighted by atomic mass is 9.75. The van der Waals surface area contributed by atoms with Gasteiger partial charge in [0.2, 0.25) is 0 Å². The Labute approximate surface area is 118 Å². The monoisotopic (exact) mass is 311 g/mol.